The Labute approximate surface area is 191 Å². The van der Waals surface area contributed by atoms with E-state index < -0.39 is 21.9 Å². The summed E-state index contributed by atoms with van der Waals surface area (Å²) in [5, 5.41) is 5.51. The predicted octanol–water partition coefficient (Wildman–Crippen LogP) is 3.90. The van der Waals surface area contributed by atoms with Crippen LogP contribution >= 0.6 is 11.6 Å². The van der Waals surface area contributed by atoms with Crippen LogP contribution in [0.3, 0.4) is 0 Å². The summed E-state index contributed by atoms with van der Waals surface area (Å²) in [5.41, 5.74) is 1.45. The first-order chi connectivity index (χ1) is 14.8. The van der Waals surface area contributed by atoms with Gasteiger partial charge in [-0.25, -0.2) is 27.3 Å². The van der Waals surface area contributed by atoms with Gasteiger partial charge in [-0.15, -0.1) is 0 Å². The van der Waals surface area contributed by atoms with E-state index in [0.29, 0.717) is 34.3 Å². The lowest BCUT2D eigenvalue weighted by molar-refractivity contribution is -0.0102. The average Bonchev–Trinajstić information content (AvgIpc) is 2.90. The van der Waals surface area contributed by atoms with Crippen molar-refractivity contribution < 1.29 is 22.0 Å². The van der Waals surface area contributed by atoms with Crippen LogP contribution in [0.5, 0.6) is 0 Å². The van der Waals surface area contributed by atoms with Gasteiger partial charge in [0.15, 0.2) is 0 Å². The lowest BCUT2D eigenvalue weighted by Crippen LogP contribution is -2.33. The molecule has 1 aliphatic heterocycles. The quantitative estimate of drug-likeness (QED) is 0.707. The van der Waals surface area contributed by atoms with E-state index >= 15 is 0 Å². The summed E-state index contributed by atoms with van der Waals surface area (Å²) in [7, 11) is -2.48. The Kier molecular flexibility index (Phi) is 6.78. The number of primary sulfonamides is 1. The van der Waals surface area contributed by atoms with Gasteiger partial charge in [0.2, 0.25) is 15.9 Å². The second kappa shape index (κ2) is 8.92. The lowest BCUT2D eigenvalue weighted by atomic mass is 10.1. The minimum absolute atomic E-state index is 0.0470. The normalized spacial score (nSPS) is 16.5. The van der Waals surface area contributed by atoms with Crippen molar-refractivity contribution in [3.05, 3.63) is 46.1 Å². The standard InChI is InChI=1S/C21H25ClF2N4O3S/c1-13-17(20(29)27(3)15-6-4-7-16(12-15)32(25,30)31)19(26-14(2)18(13)22)28-10-5-8-21(23,24)9-11-28/h4,6-7,12H,5,8-11H2,1-3H3,(H2,25,30,31). The second-order valence-electron chi connectivity index (χ2n) is 7.94. The molecule has 0 radical (unpaired) electrons. The number of amides is 1. The largest absolute Gasteiger partial charge is 0.356 e. The smallest absolute Gasteiger partial charge is 0.262 e. The van der Waals surface area contributed by atoms with E-state index in [1.807, 2.05) is 0 Å². The molecule has 0 spiro atoms. The van der Waals surface area contributed by atoms with Crippen LogP contribution in [-0.4, -0.2) is 45.4 Å². The highest BCUT2D eigenvalue weighted by Crippen LogP contribution is 2.35. The summed E-state index contributed by atoms with van der Waals surface area (Å²) < 4.78 is 51.2. The van der Waals surface area contributed by atoms with E-state index in [-0.39, 0.29) is 36.3 Å². The van der Waals surface area contributed by atoms with Gasteiger partial charge >= 0.3 is 0 Å². The van der Waals surface area contributed by atoms with Gasteiger partial charge in [-0.3, -0.25) is 4.79 Å². The average molecular weight is 487 g/mol. The maximum Gasteiger partial charge on any atom is 0.262 e. The number of hydrogen-bond donors (Lipinski definition) is 1. The molecule has 0 bridgehead atoms. The molecule has 32 heavy (non-hydrogen) atoms. The maximum atomic E-state index is 13.9. The topological polar surface area (TPSA) is 96.6 Å². The molecule has 2 aromatic rings. The van der Waals surface area contributed by atoms with E-state index in [9.17, 15) is 22.0 Å². The van der Waals surface area contributed by atoms with E-state index in [4.69, 9.17) is 16.7 Å². The Morgan fingerprint density at radius 2 is 1.94 bits per heavy atom. The monoisotopic (exact) mass is 486 g/mol. The third kappa shape index (κ3) is 5.02. The molecule has 2 heterocycles. The maximum absolute atomic E-state index is 13.9. The van der Waals surface area contributed by atoms with Crippen LogP contribution in [0.25, 0.3) is 0 Å². The fourth-order valence-electron chi connectivity index (χ4n) is 3.73. The lowest BCUT2D eigenvalue weighted by Gasteiger charge is -2.28. The van der Waals surface area contributed by atoms with Crippen LogP contribution in [0.1, 0.15) is 40.9 Å². The van der Waals surface area contributed by atoms with E-state index in [1.54, 1.807) is 24.8 Å². The number of pyridine rings is 1. The number of nitrogens with zero attached hydrogens (tertiary/aromatic N) is 3. The fourth-order valence-corrected chi connectivity index (χ4v) is 4.42. The van der Waals surface area contributed by atoms with Crippen molar-refractivity contribution in [2.45, 2.75) is 43.9 Å². The third-order valence-electron chi connectivity index (χ3n) is 5.59. The Morgan fingerprint density at radius 1 is 1.25 bits per heavy atom. The van der Waals surface area contributed by atoms with Gasteiger partial charge in [-0.1, -0.05) is 17.7 Å². The van der Waals surface area contributed by atoms with Gasteiger partial charge in [0.25, 0.3) is 5.91 Å². The summed E-state index contributed by atoms with van der Waals surface area (Å²) in [6.45, 7) is 3.74. The Balaban J connectivity index is 2.07. The van der Waals surface area contributed by atoms with E-state index in [0.717, 1.165) is 0 Å². The van der Waals surface area contributed by atoms with Crippen molar-refractivity contribution >= 4 is 39.0 Å². The summed E-state index contributed by atoms with van der Waals surface area (Å²) in [6, 6.07) is 5.66. The van der Waals surface area contributed by atoms with Crippen molar-refractivity contribution in [2.24, 2.45) is 5.14 Å². The highest BCUT2D eigenvalue weighted by Gasteiger charge is 2.34. The minimum atomic E-state index is -3.96. The molecule has 7 nitrogen and oxygen atoms in total. The van der Waals surface area contributed by atoms with Crippen molar-refractivity contribution in [1.29, 1.82) is 0 Å². The molecule has 1 aromatic heterocycles. The SMILES string of the molecule is Cc1nc(N2CCCC(F)(F)CC2)c(C(=O)N(C)c2cccc(S(N)(=O)=O)c2)c(C)c1Cl. The van der Waals surface area contributed by atoms with Crippen molar-refractivity contribution in [1.82, 2.24) is 4.98 Å². The zero-order valence-corrected chi connectivity index (χ0v) is 19.6. The molecule has 174 valence electrons. The Hall–Kier alpha value is -2.30. The molecular formula is C21H25ClF2N4O3S. The Morgan fingerprint density at radius 3 is 2.59 bits per heavy atom. The van der Waals surface area contributed by atoms with Gasteiger partial charge in [-0.2, -0.15) is 0 Å². The van der Waals surface area contributed by atoms with Gasteiger partial charge in [0, 0.05) is 38.7 Å². The van der Waals surface area contributed by atoms with Gasteiger partial charge in [0.1, 0.15) is 5.82 Å². The summed E-state index contributed by atoms with van der Waals surface area (Å²) in [6.07, 6.45) is -0.302. The molecule has 1 saturated heterocycles. The Bertz CT molecular complexity index is 1160. The molecule has 0 atom stereocenters. The summed E-state index contributed by atoms with van der Waals surface area (Å²) >= 11 is 6.38. The molecule has 1 aliphatic rings. The van der Waals surface area contributed by atoms with Gasteiger partial charge < -0.3 is 9.80 Å². The molecule has 0 saturated carbocycles. The van der Waals surface area contributed by atoms with Crippen LogP contribution in [0.4, 0.5) is 20.3 Å². The predicted molar refractivity (Wildman–Crippen MR) is 120 cm³/mol. The van der Waals surface area contributed by atoms with Gasteiger partial charge in [-0.05, 0) is 44.0 Å². The number of anilines is 2. The number of aryl methyl sites for hydroxylation is 1. The van der Waals surface area contributed by atoms with Crippen molar-refractivity contribution in [3.63, 3.8) is 0 Å². The molecule has 1 fully saturated rings. The molecule has 0 unspecified atom stereocenters. The van der Waals surface area contributed by atoms with Crippen molar-refractivity contribution in [3.8, 4) is 0 Å². The number of halogens is 3. The van der Waals surface area contributed by atoms with Crippen LogP contribution < -0.4 is 14.9 Å². The van der Waals surface area contributed by atoms with Crippen LogP contribution in [0, 0.1) is 13.8 Å². The number of nitrogens with two attached hydrogens (primary N) is 1. The zero-order chi connectivity index (χ0) is 23.8. The highest BCUT2D eigenvalue weighted by molar-refractivity contribution is 7.89. The number of hydrogen-bond acceptors (Lipinski definition) is 5. The van der Waals surface area contributed by atoms with E-state index in [1.165, 1.54) is 30.1 Å². The molecular weight excluding hydrogens is 462 g/mol. The van der Waals surface area contributed by atoms with Gasteiger partial charge in [0.05, 0.1) is 21.2 Å². The number of sulfonamides is 1. The first-order valence-electron chi connectivity index (χ1n) is 10.0. The second-order valence-corrected chi connectivity index (χ2v) is 9.88. The number of carbonyl (C=O) groups excluding carboxylic acids is 1. The summed E-state index contributed by atoms with van der Waals surface area (Å²) in [4.78, 5) is 20.8. The molecule has 1 aromatic carbocycles. The number of rotatable bonds is 4. The molecule has 0 aliphatic carbocycles. The van der Waals surface area contributed by atoms with Crippen LogP contribution in [-0.2, 0) is 10.0 Å². The van der Waals surface area contributed by atoms with Crippen molar-refractivity contribution in [2.75, 3.05) is 29.9 Å². The number of benzene rings is 1. The third-order valence-corrected chi connectivity index (χ3v) is 7.06. The molecule has 11 heteroatoms. The fraction of sp³-hybridized carbons (Fsp3) is 0.429. The first kappa shape index (κ1) is 24.3. The number of aromatic nitrogens is 1. The number of alkyl halides is 2. The zero-order valence-electron chi connectivity index (χ0n) is 18.0. The minimum Gasteiger partial charge on any atom is -0.356 e. The highest BCUT2D eigenvalue weighted by atomic mass is 35.5. The van der Waals surface area contributed by atoms with E-state index in [2.05, 4.69) is 4.98 Å². The number of carbonyl (C=O) groups is 1. The van der Waals surface area contributed by atoms with Crippen LogP contribution in [0.15, 0.2) is 29.2 Å². The first-order valence-corrected chi connectivity index (χ1v) is 11.9. The van der Waals surface area contributed by atoms with Crippen LogP contribution in [0.2, 0.25) is 5.02 Å². The molecule has 3 rings (SSSR count). The molecule has 2 N–H and O–H groups in total. The summed E-state index contributed by atoms with van der Waals surface area (Å²) in [5.74, 6) is -2.96. The molecule has 1 amide bonds.